The van der Waals surface area contributed by atoms with Crippen LogP contribution in [0.3, 0.4) is 0 Å². The van der Waals surface area contributed by atoms with Crippen LogP contribution in [0.5, 0.6) is 0 Å². The van der Waals surface area contributed by atoms with E-state index in [2.05, 4.69) is 66.7 Å². The maximum Gasteiger partial charge on any atom is 0.136 e. The summed E-state index contributed by atoms with van der Waals surface area (Å²) in [5, 5.41) is 23.0. The van der Waals surface area contributed by atoms with Gasteiger partial charge in [0.25, 0.3) is 0 Å². The standard InChI is InChI=1S/C38H20N2O2/c39-21-23-4-3-5-25(14-23)28-16-29(26-10-13-37-34(19-26)31-6-1-2-7-35(31)41-37)18-30(17-28)27-9-11-32-33-15-24(22-40)8-12-36(33)42-38(32)20-27/h1-20H. The summed E-state index contributed by atoms with van der Waals surface area (Å²) in [7, 11) is 0. The quantitative estimate of drug-likeness (QED) is 0.225. The molecule has 194 valence electrons. The molecule has 0 bridgehead atoms. The van der Waals surface area contributed by atoms with Gasteiger partial charge in [-0.05, 0) is 112 Å². The van der Waals surface area contributed by atoms with E-state index in [0.29, 0.717) is 11.1 Å². The molecule has 4 heteroatoms. The van der Waals surface area contributed by atoms with Crippen LogP contribution >= 0.6 is 0 Å². The van der Waals surface area contributed by atoms with Gasteiger partial charge in [0, 0.05) is 21.5 Å². The average molecular weight is 537 g/mol. The number of hydrogen-bond acceptors (Lipinski definition) is 4. The normalized spacial score (nSPS) is 11.3. The molecule has 0 N–H and O–H groups in total. The van der Waals surface area contributed by atoms with Crippen LogP contribution in [0.1, 0.15) is 11.1 Å². The lowest BCUT2D eigenvalue weighted by Gasteiger charge is -2.12. The molecule has 0 radical (unpaired) electrons. The first-order chi connectivity index (χ1) is 20.7. The van der Waals surface area contributed by atoms with E-state index in [1.807, 2.05) is 60.7 Å². The zero-order valence-corrected chi connectivity index (χ0v) is 22.3. The molecule has 0 fully saturated rings. The number of nitrogens with zero attached hydrogens (tertiary/aromatic N) is 2. The van der Waals surface area contributed by atoms with Gasteiger partial charge in [-0.2, -0.15) is 10.5 Å². The minimum atomic E-state index is 0.605. The Balaban J connectivity index is 1.33. The van der Waals surface area contributed by atoms with Crippen LogP contribution in [0.4, 0.5) is 0 Å². The molecule has 2 aromatic heterocycles. The van der Waals surface area contributed by atoms with Gasteiger partial charge >= 0.3 is 0 Å². The maximum atomic E-state index is 9.55. The fourth-order valence-corrected chi connectivity index (χ4v) is 5.83. The smallest absolute Gasteiger partial charge is 0.136 e. The molecule has 0 saturated carbocycles. The number of rotatable bonds is 3. The Labute approximate surface area is 240 Å². The van der Waals surface area contributed by atoms with Crippen molar-refractivity contribution in [2.45, 2.75) is 0 Å². The summed E-state index contributed by atoms with van der Waals surface area (Å²) >= 11 is 0. The molecule has 0 spiro atoms. The molecule has 0 saturated heterocycles. The zero-order chi connectivity index (χ0) is 28.2. The molecule has 0 aliphatic carbocycles. The molecular formula is C38H20N2O2. The van der Waals surface area contributed by atoms with Gasteiger partial charge in [0.15, 0.2) is 0 Å². The van der Waals surface area contributed by atoms with E-state index in [-0.39, 0.29) is 0 Å². The Kier molecular flexibility index (Phi) is 5.22. The second-order valence-electron chi connectivity index (χ2n) is 10.4. The van der Waals surface area contributed by atoms with E-state index in [1.165, 1.54) is 0 Å². The summed E-state index contributed by atoms with van der Waals surface area (Å²) in [6.45, 7) is 0. The molecule has 8 aromatic rings. The van der Waals surface area contributed by atoms with Crippen molar-refractivity contribution in [1.29, 1.82) is 10.5 Å². The van der Waals surface area contributed by atoms with Gasteiger partial charge < -0.3 is 8.83 Å². The fraction of sp³-hybridized carbons (Fsp3) is 0. The van der Waals surface area contributed by atoms with Gasteiger partial charge in [0.1, 0.15) is 22.3 Å². The van der Waals surface area contributed by atoms with Gasteiger partial charge in [-0.25, -0.2) is 0 Å². The Bertz CT molecular complexity index is 2450. The molecule has 4 nitrogen and oxygen atoms in total. The first-order valence-electron chi connectivity index (χ1n) is 13.6. The van der Waals surface area contributed by atoms with Crippen molar-refractivity contribution >= 4 is 43.9 Å². The predicted molar refractivity (Wildman–Crippen MR) is 167 cm³/mol. The Hall–Kier alpha value is -6.10. The van der Waals surface area contributed by atoms with Crippen molar-refractivity contribution in [3.05, 3.63) is 132 Å². The van der Waals surface area contributed by atoms with Crippen LogP contribution in [0.25, 0.3) is 77.3 Å². The molecule has 0 aliphatic heterocycles. The van der Waals surface area contributed by atoms with Crippen molar-refractivity contribution in [3.8, 4) is 45.5 Å². The van der Waals surface area contributed by atoms with Crippen molar-refractivity contribution < 1.29 is 8.83 Å². The number of para-hydroxylation sites is 1. The number of nitriles is 2. The van der Waals surface area contributed by atoms with Crippen LogP contribution in [0.15, 0.2) is 130 Å². The summed E-state index contributed by atoms with van der Waals surface area (Å²) < 4.78 is 12.3. The molecule has 42 heavy (non-hydrogen) atoms. The molecule has 8 rings (SSSR count). The second kappa shape index (κ2) is 9.24. The van der Waals surface area contributed by atoms with Crippen LogP contribution in [-0.2, 0) is 0 Å². The number of fused-ring (bicyclic) bond motifs is 6. The van der Waals surface area contributed by atoms with Crippen molar-refractivity contribution in [3.63, 3.8) is 0 Å². The third-order valence-electron chi connectivity index (χ3n) is 7.90. The van der Waals surface area contributed by atoms with Gasteiger partial charge in [-0.3, -0.25) is 0 Å². The predicted octanol–water partition coefficient (Wildman–Crippen LogP) is 10.2. The van der Waals surface area contributed by atoms with Gasteiger partial charge in [0.2, 0.25) is 0 Å². The molecule has 2 heterocycles. The van der Waals surface area contributed by atoms with Crippen LogP contribution in [-0.4, -0.2) is 0 Å². The third-order valence-corrected chi connectivity index (χ3v) is 7.90. The second-order valence-corrected chi connectivity index (χ2v) is 10.4. The zero-order valence-electron chi connectivity index (χ0n) is 22.3. The summed E-state index contributed by atoms with van der Waals surface area (Å²) in [5.41, 5.74) is 10.6. The molecular weight excluding hydrogens is 516 g/mol. The van der Waals surface area contributed by atoms with E-state index in [4.69, 9.17) is 8.83 Å². The van der Waals surface area contributed by atoms with Crippen LogP contribution in [0, 0.1) is 22.7 Å². The lowest BCUT2D eigenvalue weighted by Crippen LogP contribution is -1.87. The van der Waals surface area contributed by atoms with E-state index >= 15 is 0 Å². The first kappa shape index (κ1) is 23.8. The molecule has 0 aliphatic rings. The minimum Gasteiger partial charge on any atom is -0.456 e. The number of furan rings is 2. The average Bonchev–Trinajstić information content (AvgIpc) is 3.61. The lowest BCUT2D eigenvalue weighted by atomic mass is 9.92. The van der Waals surface area contributed by atoms with E-state index in [1.54, 1.807) is 6.07 Å². The Morgan fingerprint density at radius 1 is 0.357 bits per heavy atom. The highest BCUT2D eigenvalue weighted by Gasteiger charge is 2.14. The lowest BCUT2D eigenvalue weighted by molar-refractivity contribution is 0.668. The van der Waals surface area contributed by atoms with Gasteiger partial charge in [0.05, 0.1) is 23.3 Å². The monoisotopic (exact) mass is 536 g/mol. The summed E-state index contributed by atoms with van der Waals surface area (Å²) in [4.78, 5) is 0. The van der Waals surface area contributed by atoms with Gasteiger partial charge in [-0.1, -0.05) is 42.5 Å². The van der Waals surface area contributed by atoms with Crippen molar-refractivity contribution in [1.82, 2.24) is 0 Å². The third kappa shape index (κ3) is 3.83. The Morgan fingerprint density at radius 2 is 0.929 bits per heavy atom. The van der Waals surface area contributed by atoms with Crippen molar-refractivity contribution in [2.75, 3.05) is 0 Å². The van der Waals surface area contributed by atoms with Gasteiger partial charge in [-0.15, -0.1) is 0 Å². The van der Waals surface area contributed by atoms with E-state index < -0.39 is 0 Å². The molecule has 0 atom stereocenters. The largest absolute Gasteiger partial charge is 0.456 e. The number of benzene rings is 6. The molecule has 0 unspecified atom stereocenters. The minimum absolute atomic E-state index is 0.605. The van der Waals surface area contributed by atoms with Crippen LogP contribution in [0.2, 0.25) is 0 Å². The molecule has 6 aromatic carbocycles. The highest BCUT2D eigenvalue weighted by atomic mass is 16.3. The van der Waals surface area contributed by atoms with E-state index in [0.717, 1.165) is 77.3 Å². The number of hydrogen-bond donors (Lipinski definition) is 0. The topological polar surface area (TPSA) is 73.9 Å². The SMILES string of the molecule is N#Cc1cccc(-c2cc(-c3ccc4c(c3)oc3ccc(C#N)cc34)cc(-c3ccc4oc5ccccc5c4c3)c2)c1. The van der Waals surface area contributed by atoms with Crippen LogP contribution < -0.4 is 0 Å². The fourth-order valence-electron chi connectivity index (χ4n) is 5.83. The van der Waals surface area contributed by atoms with E-state index in [9.17, 15) is 10.5 Å². The summed E-state index contributed by atoms with van der Waals surface area (Å²) in [6.07, 6.45) is 0. The van der Waals surface area contributed by atoms with Crippen molar-refractivity contribution in [2.24, 2.45) is 0 Å². The highest BCUT2D eigenvalue weighted by molar-refractivity contribution is 6.07. The summed E-state index contributed by atoms with van der Waals surface area (Å²) in [5.74, 6) is 0. The highest BCUT2D eigenvalue weighted by Crippen LogP contribution is 2.38. The first-order valence-corrected chi connectivity index (χ1v) is 13.6. The molecule has 0 amide bonds. The Morgan fingerprint density at radius 3 is 1.71 bits per heavy atom. The maximum absolute atomic E-state index is 9.55. The summed E-state index contributed by atoms with van der Waals surface area (Å²) in [6, 6.07) is 44.8.